The fourth-order valence-electron chi connectivity index (χ4n) is 4.73. The van der Waals surface area contributed by atoms with Crippen molar-refractivity contribution in [2.24, 2.45) is 0 Å². The van der Waals surface area contributed by atoms with Crippen LogP contribution in [0.15, 0.2) is 47.4 Å². The number of benzene rings is 2. The molecule has 7 heteroatoms. The zero-order valence-corrected chi connectivity index (χ0v) is 20.6. The molecule has 2 aliphatic rings. The molecule has 33 heavy (non-hydrogen) atoms. The molecule has 0 radical (unpaired) electrons. The molecule has 0 spiro atoms. The predicted molar refractivity (Wildman–Crippen MR) is 129 cm³/mol. The van der Waals surface area contributed by atoms with Crippen molar-refractivity contribution < 1.29 is 17.9 Å². The maximum absolute atomic E-state index is 13.2. The third kappa shape index (κ3) is 5.25. The van der Waals surface area contributed by atoms with Crippen LogP contribution < -0.4 is 4.74 Å². The van der Waals surface area contributed by atoms with E-state index in [0.29, 0.717) is 25.2 Å². The predicted octanol–water partition coefficient (Wildman–Crippen LogP) is 4.55. The number of sulfonamides is 1. The standard InChI is InChI=1S/C26H34N2O4S/c1-19-10-11-20(2)25(17-19)32-23-12-15-27(16-13-23)26(29)22-8-6-9-24(18-22)33(30,31)28-14-5-4-7-21(28)3/h6,8-11,17-18,21,23H,4-5,7,12-16H2,1-3H3. The molecule has 2 aliphatic heterocycles. The summed E-state index contributed by atoms with van der Waals surface area (Å²) in [6.07, 6.45) is 4.37. The van der Waals surface area contributed by atoms with Crippen molar-refractivity contribution in [3.8, 4) is 5.75 Å². The number of piperidine rings is 2. The smallest absolute Gasteiger partial charge is 0.253 e. The van der Waals surface area contributed by atoms with Gasteiger partial charge in [0.15, 0.2) is 0 Å². The van der Waals surface area contributed by atoms with Crippen LogP contribution in [-0.2, 0) is 10.0 Å². The van der Waals surface area contributed by atoms with Gasteiger partial charge in [0.05, 0.1) is 4.90 Å². The Bertz CT molecular complexity index is 1110. The van der Waals surface area contributed by atoms with Gasteiger partial charge in [-0.15, -0.1) is 0 Å². The fourth-order valence-corrected chi connectivity index (χ4v) is 6.47. The van der Waals surface area contributed by atoms with Crippen LogP contribution in [-0.4, -0.2) is 55.3 Å². The number of hydrogen-bond acceptors (Lipinski definition) is 4. The van der Waals surface area contributed by atoms with Crippen LogP contribution in [0, 0.1) is 13.8 Å². The minimum absolute atomic E-state index is 0.0147. The number of aryl methyl sites for hydroxylation is 2. The van der Waals surface area contributed by atoms with Crippen LogP contribution >= 0.6 is 0 Å². The van der Waals surface area contributed by atoms with Gasteiger partial charge in [-0.25, -0.2) is 8.42 Å². The van der Waals surface area contributed by atoms with Crippen LogP contribution in [0.25, 0.3) is 0 Å². The van der Waals surface area contributed by atoms with Gasteiger partial charge in [0.1, 0.15) is 11.9 Å². The van der Waals surface area contributed by atoms with Gasteiger partial charge >= 0.3 is 0 Å². The number of ether oxygens (including phenoxy) is 1. The molecule has 2 heterocycles. The summed E-state index contributed by atoms with van der Waals surface area (Å²) < 4.78 is 34.2. The fraction of sp³-hybridized carbons (Fsp3) is 0.500. The maximum atomic E-state index is 13.2. The molecular formula is C26H34N2O4S. The van der Waals surface area contributed by atoms with E-state index in [0.717, 1.165) is 49.0 Å². The van der Waals surface area contributed by atoms with Crippen molar-refractivity contribution in [1.29, 1.82) is 0 Å². The van der Waals surface area contributed by atoms with Crippen LogP contribution in [0.1, 0.15) is 60.5 Å². The molecule has 178 valence electrons. The molecule has 0 saturated carbocycles. The van der Waals surface area contributed by atoms with Crippen molar-refractivity contribution in [1.82, 2.24) is 9.21 Å². The quantitative estimate of drug-likeness (QED) is 0.643. The highest BCUT2D eigenvalue weighted by Crippen LogP contribution is 2.27. The molecule has 2 aromatic carbocycles. The van der Waals surface area contributed by atoms with E-state index in [1.807, 2.05) is 20.8 Å². The van der Waals surface area contributed by atoms with E-state index in [9.17, 15) is 13.2 Å². The van der Waals surface area contributed by atoms with Gasteiger partial charge in [-0.05, 0) is 69.0 Å². The van der Waals surface area contributed by atoms with Crippen molar-refractivity contribution in [3.05, 3.63) is 59.2 Å². The Hall–Kier alpha value is -2.38. The Balaban J connectivity index is 1.41. The minimum atomic E-state index is -3.61. The van der Waals surface area contributed by atoms with Crippen LogP contribution in [0.5, 0.6) is 5.75 Å². The molecule has 2 saturated heterocycles. The van der Waals surface area contributed by atoms with Crippen molar-refractivity contribution in [3.63, 3.8) is 0 Å². The number of likely N-dealkylation sites (tertiary alicyclic amines) is 1. The molecule has 2 aromatic rings. The highest BCUT2D eigenvalue weighted by molar-refractivity contribution is 7.89. The second kappa shape index (κ2) is 9.85. The van der Waals surface area contributed by atoms with Crippen LogP contribution in [0.4, 0.5) is 0 Å². The number of amides is 1. The topological polar surface area (TPSA) is 66.9 Å². The highest BCUT2D eigenvalue weighted by Gasteiger charge is 2.32. The van der Waals surface area contributed by atoms with E-state index in [4.69, 9.17) is 4.74 Å². The Kier molecular flexibility index (Phi) is 7.10. The SMILES string of the molecule is Cc1ccc(C)c(OC2CCN(C(=O)c3cccc(S(=O)(=O)N4CCCCC4C)c3)CC2)c1. The van der Waals surface area contributed by atoms with Crippen molar-refractivity contribution in [2.45, 2.75) is 69.9 Å². The Morgan fingerprint density at radius 3 is 2.45 bits per heavy atom. The monoisotopic (exact) mass is 470 g/mol. The van der Waals surface area contributed by atoms with Gasteiger partial charge in [0.25, 0.3) is 5.91 Å². The second-order valence-electron chi connectivity index (χ2n) is 9.37. The van der Waals surface area contributed by atoms with Gasteiger partial charge in [-0.2, -0.15) is 4.31 Å². The molecular weight excluding hydrogens is 436 g/mol. The van der Waals surface area contributed by atoms with E-state index in [-0.39, 0.29) is 22.9 Å². The largest absolute Gasteiger partial charge is 0.490 e. The summed E-state index contributed by atoms with van der Waals surface area (Å²) in [5.41, 5.74) is 2.70. The molecule has 0 aromatic heterocycles. The van der Waals surface area contributed by atoms with Crippen molar-refractivity contribution >= 4 is 15.9 Å². The number of carbonyl (C=O) groups is 1. The number of carbonyl (C=O) groups excluding carboxylic acids is 1. The Morgan fingerprint density at radius 2 is 1.73 bits per heavy atom. The van der Waals surface area contributed by atoms with Gasteiger partial charge in [-0.1, -0.05) is 24.6 Å². The summed E-state index contributed by atoms with van der Waals surface area (Å²) in [6, 6.07) is 12.7. The van der Waals surface area contributed by atoms with E-state index in [1.165, 1.54) is 6.07 Å². The van der Waals surface area contributed by atoms with E-state index >= 15 is 0 Å². The highest BCUT2D eigenvalue weighted by atomic mass is 32.2. The first-order valence-electron chi connectivity index (χ1n) is 11.9. The first kappa shape index (κ1) is 23.8. The summed E-state index contributed by atoms with van der Waals surface area (Å²) in [7, 11) is -3.61. The lowest BCUT2D eigenvalue weighted by Crippen LogP contribution is -2.42. The second-order valence-corrected chi connectivity index (χ2v) is 11.3. The van der Waals surface area contributed by atoms with Crippen LogP contribution in [0.2, 0.25) is 0 Å². The maximum Gasteiger partial charge on any atom is 0.253 e. The number of nitrogens with zero attached hydrogens (tertiary/aromatic N) is 2. The molecule has 1 unspecified atom stereocenters. The molecule has 1 atom stereocenters. The number of rotatable bonds is 5. The van der Waals surface area contributed by atoms with Gasteiger partial charge in [0, 0.05) is 44.1 Å². The summed E-state index contributed by atoms with van der Waals surface area (Å²) >= 11 is 0. The van der Waals surface area contributed by atoms with Gasteiger partial charge < -0.3 is 9.64 Å². The van der Waals surface area contributed by atoms with E-state index < -0.39 is 10.0 Å². The summed E-state index contributed by atoms with van der Waals surface area (Å²) in [6.45, 7) is 7.77. The molecule has 0 bridgehead atoms. The molecule has 0 N–H and O–H groups in total. The average Bonchev–Trinajstić information content (AvgIpc) is 2.82. The van der Waals surface area contributed by atoms with Gasteiger partial charge in [-0.3, -0.25) is 4.79 Å². The zero-order valence-electron chi connectivity index (χ0n) is 19.8. The molecule has 4 rings (SSSR count). The van der Waals surface area contributed by atoms with E-state index in [1.54, 1.807) is 27.4 Å². The normalized spacial score (nSPS) is 20.6. The molecule has 6 nitrogen and oxygen atoms in total. The van der Waals surface area contributed by atoms with Crippen LogP contribution in [0.3, 0.4) is 0 Å². The summed E-state index contributed by atoms with van der Waals surface area (Å²) in [5.74, 6) is 0.786. The molecule has 2 fully saturated rings. The third-order valence-corrected chi connectivity index (χ3v) is 8.81. The molecule has 1 amide bonds. The Morgan fingerprint density at radius 1 is 0.970 bits per heavy atom. The lowest BCUT2D eigenvalue weighted by Gasteiger charge is -2.33. The molecule has 0 aliphatic carbocycles. The summed E-state index contributed by atoms with van der Waals surface area (Å²) in [4.78, 5) is 15.2. The van der Waals surface area contributed by atoms with E-state index in [2.05, 4.69) is 18.2 Å². The lowest BCUT2D eigenvalue weighted by atomic mass is 10.1. The average molecular weight is 471 g/mol. The first-order valence-corrected chi connectivity index (χ1v) is 13.3. The first-order chi connectivity index (χ1) is 15.8. The minimum Gasteiger partial charge on any atom is -0.490 e. The lowest BCUT2D eigenvalue weighted by molar-refractivity contribution is 0.0594. The summed E-state index contributed by atoms with van der Waals surface area (Å²) in [5, 5.41) is 0. The zero-order chi connectivity index (χ0) is 23.6. The van der Waals surface area contributed by atoms with Gasteiger partial charge in [0.2, 0.25) is 10.0 Å². The third-order valence-electron chi connectivity index (χ3n) is 6.80. The Labute approximate surface area is 197 Å². The number of hydrogen-bond donors (Lipinski definition) is 0. The van der Waals surface area contributed by atoms with Crippen molar-refractivity contribution in [2.75, 3.05) is 19.6 Å².